The van der Waals surface area contributed by atoms with Gasteiger partial charge in [-0.3, -0.25) is 4.90 Å². The fourth-order valence-electron chi connectivity index (χ4n) is 6.69. The van der Waals surface area contributed by atoms with Gasteiger partial charge in [-0.25, -0.2) is 23.3 Å². The number of fused-ring (bicyclic) bond motifs is 4. The zero-order valence-corrected chi connectivity index (χ0v) is 22.2. The number of hydrogen-bond acceptors (Lipinski definition) is 7. The highest BCUT2D eigenvalue weighted by Gasteiger charge is 2.44. The van der Waals surface area contributed by atoms with Crippen LogP contribution in [-0.2, 0) is 6.54 Å². The molecule has 9 nitrogen and oxygen atoms in total. The highest BCUT2D eigenvalue weighted by atomic mass is 19.3. The zero-order chi connectivity index (χ0) is 27.7. The first kappa shape index (κ1) is 24.3. The Kier molecular flexibility index (Phi) is 5.31. The minimum atomic E-state index is -2.71. The van der Waals surface area contributed by atoms with Gasteiger partial charge >= 0.3 is 0 Å². The topological polar surface area (TPSA) is 92.4 Å². The number of piperidine rings is 1. The van der Waals surface area contributed by atoms with Crippen LogP contribution in [0.5, 0.6) is 0 Å². The minimum absolute atomic E-state index is 0.173. The molecule has 4 aliphatic heterocycles. The lowest BCUT2D eigenvalue weighted by atomic mass is 9.87. The van der Waals surface area contributed by atoms with Gasteiger partial charge in [-0.2, -0.15) is 10.4 Å². The molecule has 0 amide bonds. The van der Waals surface area contributed by atoms with E-state index in [9.17, 15) is 14.0 Å². The number of nitrogens with zero attached hydrogens (tertiary/aromatic N) is 8. The molecule has 0 spiro atoms. The number of aromatic amines is 1. The first-order valence-corrected chi connectivity index (χ1v) is 13.9. The summed E-state index contributed by atoms with van der Waals surface area (Å²) in [6, 6.07) is 13.3. The summed E-state index contributed by atoms with van der Waals surface area (Å²) in [5.74, 6) is -1.79. The molecule has 206 valence electrons. The predicted molar refractivity (Wildman–Crippen MR) is 151 cm³/mol. The molecule has 9 rings (SSSR count). The molecule has 0 saturated carbocycles. The number of alkyl halides is 2. The predicted octanol–water partition coefficient (Wildman–Crippen LogP) is 4.45. The molecule has 4 saturated heterocycles. The maximum Gasteiger partial charge on any atom is 0.266 e. The monoisotopic (exact) mass is 551 g/mol. The average Bonchev–Trinajstić information content (AvgIpc) is 3.73. The van der Waals surface area contributed by atoms with Gasteiger partial charge in [0.25, 0.3) is 5.92 Å². The smallest absolute Gasteiger partial charge is 0.266 e. The summed E-state index contributed by atoms with van der Waals surface area (Å²) >= 11 is 0. The Morgan fingerprint density at radius 3 is 2.68 bits per heavy atom. The minimum Gasteiger partial charge on any atom is -0.364 e. The molecule has 0 radical (unpaired) electrons. The Bertz CT molecular complexity index is 1810. The van der Waals surface area contributed by atoms with Crippen molar-refractivity contribution in [1.82, 2.24) is 29.5 Å². The van der Waals surface area contributed by atoms with E-state index in [-0.39, 0.29) is 19.5 Å². The van der Waals surface area contributed by atoms with Gasteiger partial charge in [-0.05, 0) is 42.3 Å². The quantitative estimate of drug-likeness (QED) is 0.345. The summed E-state index contributed by atoms with van der Waals surface area (Å²) in [5.41, 5.74) is 5.46. The van der Waals surface area contributed by atoms with Crippen molar-refractivity contribution in [3.05, 3.63) is 72.4 Å². The fourth-order valence-corrected chi connectivity index (χ4v) is 6.69. The standard InChI is InChI=1S/C30H27F2N9/c31-30(32)4-6-38(18-30)23-9-26(28-22(10-33)13-37-41(28)17-23)21-1-2-27(35-12-21)39-15-24-8-25(16-39)40(24)14-19-7-20-3-5-34-29(20)36-11-19/h1-3,5,7,9,11-13,17,24-25H,4,6,8,14-16,18H2,(H,34,36). The summed E-state index contributed by atoms with van der Waals surface area (Å²) < 4.78 is 29.6. The first-order chi connectivity index (χ1) is 19.9. The van der Waals surface area contributed by atoms with Crippen LogP contribution >= 0.6 is 0 Å². The molecule has 4 fully saturated rings. The molecular weight excluding hydrogens is 524 g/mol. The second-order valence-electron chi connectivity index (χ2n) is 11.4. The summed E-state index contributed by atoms with van der Waals surface area (Å²) in [4.78, 5) is 19.1. The Labute approximate surface area is 234 Å². The summed E-state index contributed by atoms with van der Waals surface area (Å²) in [6.45, 7) is 2.66. The summed E-state index contributed by atoms with van der Waals surface area (Å²) in [5, 5.41) is 15.2. The molecule has 5 aromatic heterocycles. The van der Waals surface area contributed by atoms with Crippen molar-refractivity contribution in [2.45, 2.75) is 37.4 Å². The van der Waals surface area contributed by atoms with Gasteiger partial charge in [0.05, 0.1) is 35.7 Å². The molecule has 2 atom stereocenters. The van der Waals surface area contributed by atoms with Crippen LogP contribution in [0.4, 0.5) is 20.3 Å². The molecule has 0 aliphatic carbocycles. The van der Waals surface area contributed by atoms with E-state index in [0.29, 0.717) is 28.9 Å². The van der Waals surface area contributed by atoms with Crippen LogP contribution in [0.3, 0.4) is 0 Å². The van der Waals surface area contributed by atoms with Crippen molar-refractivity contribution in [2.24, 2.45) is 0 Å². The van der Waals surface area contributed by atoms with E-state index in [1.54, 1.807) is 15.6 Å². The number of hydrogen-bond donors (Lipinski definition) is 1. The number of pyridine rings is 3. The van der Waals surface area contributed by atoms with Crippen LogP contribution in [-0.4, -0.2) is 73.7 Å². The van der Waals surface area contributed by atoms with E-state index in [4.69, 9.17) is 4.98 Å². The third-order valence-electron chi connectivity index (χ3n) is 8.80. The van der Waals surface area contributed by atoms with E-state index in [1.165, 1.54) is 18.2 Å². The number of rotatable bonds is 5. The van der Waals surface area contributed by atoms with Crippen molar-refractivity contribution in [3.8, 4) is 17.2 Å². The number of piperazine rings is 1. The highest BCUT2D eigenvalue weighted by Crippen LogP contribution is 2.38. The summed E-state index contributed by atoms with van der Waals surface area (Å²) in [6.07, 6.45) is 9.95. The third kappa shape index (κ3) is 4.09. The van der Waals surface area contributed by atoms with Crippen LogP contribution in [0.15, 0.2) is 61.3 Å². The molecule has 11 heteroatoms. The van der Waals surface area contributed by atoms with E-state index >= 15 is 0 Å². The number of H-pyrrole nitrogens is 1. The average molecular weight is 552 g/mol. The van der Waals surface area contributed by atoms with Crippen LogP contribution in [0.25, 0.3) is 27.7 Å². The van der Waals surface area contributed by atoms with Crippen molar-refractivity contribution in [3.63, 3.8) is 0 Å². The van der Waals surface area contributed by atoms with Crippen LogP contribution in [0.2, 0.25) is 0 Å². The lowest BCUT2D eigenvalue weighted by molar-refractivity contribution is -0.00871. The van der Waals surface area contributed by atoms with Gasteiger partial charge in [0.2, 0.25) is 0 Å². The Balaban J connectivity index is 1.03. The van der Waals surface area contributed by atoms with E-state index in [0.717, 1.165) is 47.6 Å². The van der Waals surface area contributed by atoms with Gasteiger partial charge in [-0.15, -0.1) is 0 Å². The number of anilines is 2. The van der Waals surface area contributed by atoms with Crippen LogP contribution in [0.1, 0.15) is 24.0 Å². The number of aromatic nitrogens is 5. The first-order valence-electron chi connectivity index (χ1n) is 13.9. The summed E-state index contributed by atoms with van der Waals surface area (Å²) in [7, 11) is 0. The normalized spacial score (nSPS) is 21.9. The van der Waals surface area contributed by atoms with Crippen molar-refractivity contribution in [2.75, 3.05) is 36.0 Å². The van der Waals surface area contributed by atoms with Gasteiger partial charge in [-0.1, -0.05) is 0 Å². The van der Waals surface area contributed by atoms with E-state index < -0.39 is 5.92 Å². The van der Waals surface area contributed by atoms with Gasteiger partial charge < -0.3 is 14.8 Å². The molecule has 41 heavy (non-hydrogen) atoms. The Hall–Kier alpha value is -4.56. The largest absolute Gasteiger partial charge is 0.364 e. The number of halogens is 2. The lowest BCUT2D eigenvalue weighted by Gasteiger charge is -2.56. The van der Waals surface area contributed by atoms with Crippen molar-refractivity contribution in [1.29, 1.82) is 5.26 Å². The number of nitrogens with one attached hydrogen (secondary N) is 1. The van der Waals surface area contributed by atoms with E-state index in [2.05, 4.69) is 43.1 Å². The Morgan fingerprint density at radius 2 is 1.93 bits per heavy atom. The highest BCUT2D eigenvalue weighted by molar-refractivity contribution is 5.86. The maximum atomic E-state index is 14.0. The van der Waals surface area contributed by atoms with Crippen LogP contribution in [0, 0.1) is 11.3 Å². The second kappa shape index (κ2) is 8.97. The molecule has 1 N–H and O–H groups in total. The molecule has 2 unspecified atom stereocenters. The zero-order valence-electron chi connectivity index (χ0n) is 22.2. The van der Waals surface area contributed by atoms with Crippen molar-refractivity contribution < 1.29 is 8.78 Å². The molecule has 5 aromatic rings. The van der Waals surface area contributed by atoms with E-state index in [1.807, 2.05) is 36.8 Å². The van der Waals surface area contributed by atoms with Gasteiger partial charge in [0.15, 0.2) is 0 Å². The van der Waals surface area contributed by atoms with Crippen LogP contribution < -0.4 is 9.80 Å². The Morgan fingerprint density at radius 1 is 1.05 bits per heavy atom. The van der Waals surface area contributed by atoms with Crippen molar-refractivity contribution >= 4 is 28.1 Å². The molecule has 2 bridgehead atoms. The molecular formula is C30H27F2N9. The molecule has 0 aromatic carbocycles. The molecule has 9 heterocycles. The fraction of sp³-hybridized carbons (Fsp3) is 0.333. The maximum absolute atomic E-state index is 14.0. The number of nitriles is 1. The lowest BCUT2D eigenvalue weighted by Crippen LogP contribution is -2.68. The third-order valence-corrected chi connectivity index (χ3v) is 8.80. The SMILES string of the molecule is N#Cc1cnn2cc(N3CCC(F)(F)C3)cc(-c3ccc(N4CC5CC(C4)N5Cc4cnc5[nH]ccc5c4)nc3)c12. The molecule has 4 aliphatic rings. The van der Waals surface area contributed by atoms with Gasteiger partial charge in [0, 0.05) is 79.8 Å². The van der Waals surface area contributed by atoms with Gasteiger partial charge in [0.1, 0.15) is 17.5 Å². The second-order valence-corrected chi connectivity index (χ2v) is 11.4.